The summed E-state index contributed by atoms with van der Waals surface area (Å²) in [4.78, 5) is 0. The summed E-state index contributed by atoms with van der Waals surface area (Å²) in [6.45, 7) is 0. The van der Waals surface area contributed by atoms with Crippen molar-refractivity contribution in [1.29, 1.82) is 0 Å². The quantitative estimate of drug-likeness (QED) is 0.391. The van der Waals surface area contributed by atoms with E-state index in [1.807, 2.05) is 24.3 Å². The Hall–Kier alpha value is -3.52. The first-order valence-electron chi connectivity index (χ1n) is 9.27. The van der Waals surface area contributed by atoms with Crippen molar-refractivity contribution in [3.05, 3.63) is 97.1 Å². The standard InChI is InChI=1S/C26H22O2/c1-27-21-15-11-19(12-16-21)23-7-3-5-9-25(23)26-10-6-4-8-24(26)20-13-17-22(28-2)18-14-20/h3-18H,1-2H3. The summed E-state index contributed by atoms with van der Waals surface area (Å²) in [7, 11) is 3.38. The smallest absolute Gasteiger partial charge is 0.118 e. The SMILES string of the molecule is COc1ccc(-c2ccccc2-c2ccccc2-c2ccc(OC)cc2)cc1. The second kappa shape index (κ2) is 8.01. The van der Waals surface area contributed by atoms with Crippen LogP contribution in [-0.4, -0.2) is 14.2 Å². The molecule has 0 atom stereocenters. The molecule has 0 N–H and O–H groups in total. The van der Waals surface area contributed by atoms with Crippen LogP contribution >= 0.6 is 0 Å². The molecule has 0 fully saturated rings. The van der Waals surface area contributed by atoms with Crippen LogP contribution < -0.4 is 9.47 Å². The molecule has 2 heteroatoms. The Morgan fingerprint density at radius 1 is 0.393 bits per heavy atom. The van der Waals surface area contributed by atoms with Gasteiger partial charge in [-0.3, -0.25) is 0 Å². The van der Waals surface area contributed by atoms with E-state index in [0.29, 0.717) is 0 Å². The molecule has 0 heterocycles. The summed E-state index contributed by atoms with van der Waals surface area (Å²) in [5.41, 5.74) is 7.15. The Labute approximate surface area is 166 Å². The van der Waals surface area contributed by atoms with E-state index in [4.69, 9.17) is 9.47 Å². The van der Waals surface area contributed by atoms with Gasteiger partial charge in [-0.2, -0.15) is 0 Å². The van der Waals surface area contributed by atoms with E-state index >= 15 is 0 Å². The van der Waals surface area contributed by atoms with E-state index < -0.39 is 0 Å². The highest BCUT2D eigenvalue weighted by atomic mass is 16.5. The average Bonchev–Trinajstić information content (AvgIpc) is 2.79. The lowest BCUT2D eigenvalue weighted by Gasteiger charge is -2.15. The van der Waals surface area contributed by atoms with Crippen LogP contribution in [0, 0.1) is 0 Å². The van der Waals surface area contributed by atoms with Crippen LogP contribution in [0.4, 0.5) is 0 Å². The molecule has 28 heavy (non-hydrogen) atoms. The first-order chi connectivity index (χ1) is 13.8. The monoisotopic (exact) mass is 366 g/mol. The summed E-state index contributed by atoms with van der Waals surface area (Å²) in [6.07, 6.45) is 0. The van der Waals surface area contributed by atoms with Crippen LogP contribution in [0.3, 0.4) is 0 Å². The molecular weight excluding hydrogens is 344 g/mol. The third-order valence-corrected chi connectivity index (χ3v) is 4.95. The molecule has 4 aromatic rings. The maximum Gasteiger partial charge on any atom is 0.118 e. The van der Waals surface area contributed by atoms with Crippen molar-refractivity contribution in [3.63, 3.8) is 0 Å². The number of benzene rings is 4. The largest absolute Gasteiger partial charge is 0.497 e. The van der Waals surface area contributed by atoms with Gasteiger partial charge in [0.05, 0.1) is 14.2 Å². The van der Waals surface area contributed by atoms with Gasteiger partial charge in [-0.1, -0.05) is 72.8 Å². The summed E-state index contributed by atoms with van der Waals surface area (Å²) in [6, 6.07) is 33.5. The van der Waals surface area contributed by atoms with E-state index in [-0.39, 0.29) is 0 Å². The molecule has 0 bridgehead atoms. The molecule has 0 saturated carbocycles. The van der Waals surface area contributed by atoms with Crippen LogP contribution in [0.25, 0.3) is 33.4 Å². The minimum atomic E-state index is 0.861. The first kappa shape index (κ1) is 17.9. The summed E-state index contributed by atoms with van der Waals surface area (Å²) in [5, 5.41) is 0. The minimum absolute atomic E-state index is 0.861. The van der Waals surface area contributed by atoms with E-state index in [2.05, 4.69) is 72.8 Å². The van der Waals surface area contributed by atoms with E-state index in [1.54, 1.807) is 14.2 Å². The van der Waals surface area contributed by atoms with Gasteiger partial charge < -0.3 is 9.47 Å². The van der Waals surface area contributed by atoms with Crippen molar-refractivity contribution in [1.82, 2.24) is 0 Å². The lowest BCUT2D eigenvalue weighted by molar-refractivity contribution is 0.415. The van der Waals surface area contributed by atoms with Crippen molar-refractivity contribution >= 4 is 0 Å². The lowest BCUT2D eigenvalue weighted by atomic mass is 9.89. The van der Waals surface area contributed by atoms with E-state index in [1.165, 1.54) is 33.4 Å². The maximum absolute atomic E-state index is 5.31. The molecule has 0 aliphatic heterocycles. The van der Waals surface area contributed by atoms with Gasteiger partial charge in [-0.25, -0.2) is 0 Å². The minimum Gasteiger partial charge on any atom is -0.497 e. The van der Waals surface area contributed by atoms with Crippen molar-refractivity contribution in [2.24, 2.45) is 0 Å². The molecule has 0 spiro atoms. The highest BCUT2D eigenvalue weighted by molar-refractivity contribution is 5.91. The topological polar surface area (TPSA) is 18.5 Å². The van der Waals surface area contributed by atoms with Gasteiger partial charge in [-0.15, -0.1) is 0 Å². The Balaban J connectivity index is 1.84. The van der Waals surface area contributed by atoms with Crippen LogP contribution in [0.1, 0.15) is 0 Å². The van der Waals surface area contributed by atoms with Gasteiger partial charge in [0.1, 0.15) is 11.5 Å². The number of ether oxygens (including phenoxy) is 2. The van der Waals surface area contributed by atoms with Crippen molar-refractivity contribution in [2.45, 2.75) is 0 Å². The van der Waals surface area contributed by atoms with E-state index in [0.717, 1.165) is 11.5 Å². The van der Waals surface area contributed by atoms with Gasteiger partial charge in [0.15, 0.2) is 0 Å². The summed E-state index contributed by atoms with van der Waals surface area (Å²) < 4.78 is 10.6. The Kier molecular flexibility index (Phi) is 5.11. The molecule has 0 unspecified atom stereocenters. The molecule has 0 aliphatic rings. The third kappa shape index (κ3) is 3.49. The van der Waals surface area contributed by atoms with Crippen molar-refractivity contribution < 1.29 is 9.47 Å². The van der Waals surface area contributed by atoms with Crippen LogP contribution in [0.15, 0.2) is 97.1 Å². The summed E-state index contributed by atoms with van der Waals surface area (Å²) in [5.74, 6) is 1.72. The fourth-order valence-electron chi connectivity index (χ4n) is 3.48. The number of hydrogen-bond acceptors (Lipinski definition) is 2. The van der Waals surface area contributed by atoms with Gasteiger partial charge in [0.2, 0.25) is 0 Å². The Morgan fingerprint density at radius 3 is 1.04 bits per heavy atom. The summed E-state index contributed by atoms with van der Waals surface area (Å²) >= 11 is 0. The second-order valence-corrected chi connectivity index (χ2v) is 6.55. The molecule has 4 rings (SSSR count). The van der Waals surface area contributed by atoms with Gasteiger partial charge >= 0.3 is 0 Å². The van der Waals surface area contributed by atoms with E-state index in [9.17, 15) is 0 Å². The molecule has 2 nitrogen and oxygen atoms in total. The van der Waals surface area contributed by atoms with Crippen LogP contribution in [0.5, 0.6) is 11.5 Å². The second-order valence-electron chi connectivity index (χ2n) is 6.55. The zero-order valence-corrected chi connectivity index (χ0v) is 16.1. The Bertz CT molecular complexity index is 975. The molecule has 0 radical (unpaired) electrons. The van der Waals surface area contributed by atoms with Gasteiger partial charge in [0, 0.05) is 0 Å². The first-order valence-corrected chi connectivity index (χ1v) is 9.27. The Morgan fingerprint density at radius 2 is 0.714 bits per heavy atom. The fraction of sp³-hybridized carbons (Fsp3) is 0.0769. The maximum atomic E-state index is 5.31. The molecule has 0 amide bonds. The highest BCUT2D eigenvalue weighted by Gasteiger charge is 2.12. The predicted molar refractivity (Wildman–Crippen MR) is 116 cm³/mol. The average molecular weight is 366 g/mol. The third-order valence-electron chi connectivity index (χ3n) is 4.95. The van der Waals surface area contributed by atoms with Gasteiger partial charge in [0.25, 0.3) is 0 Å². The molecular formula is C26H22O2. The molecule has 0 aliphatic carbocycles. The number of methoxy groups -OCH3 is 2. The predicted octanol–water partition coefficient (Wildman–Crippen LogP) is 6.70. The fourth-order valence-corrected chi connectivity index (χ4v) is 3.48. The lowest BCUT2D eigenvalue weighted by Crippen LogP contribution is -1.90. The highest BCUT2D eigenvalue weighted by Crippen LogP contribution is 2.38. The zero-order valence-electron chi connectivity index (χ0n) is 16.1. The molecule has 0 aromatic heterocycles. The van der Waals surface area contributed by atoms with Gasteiger partial charge in [-0.05, 0) is 57.6 Å². The van der Waals surface area contributed by atoms with Crippen molar-refractivity contribution in [3.8, 4) is 44.9 Å². The molecule has 4 aromatic carbocycles. The normalized spacial score (nSPS) is 10.5. The number of rotatable bonds is 5. The van der Waals surface area contributed by atoms with Crippen LogP contribution in [-0.2, 0) is 0 Å². The molecule has 0 saturated heterocycles. The molecule has 138 valence electrons. The van der Waals surface area contributed by atoms with Crippen LogP contribution in [0.2, 0.25) is 0 Å². The van der Waals surface area contributed by atoms with Crippen molar-refractivity contribution in [2.75, 3.05) is 14.2 Å². The number of hydrogen-bond donors (Lipinski definition) is 0. The zero-order chi connectivity index (χ0) is 19.3.